The van der Waals surface area contributed by atoms with Crippen LogP contribution >= 0.6 is 0 Å². The molecule has 2 aliphatic rings. The Hall–Kier alpha value is -1.75. The van der Waals surface area contributed by atoms with E-state index in [0.717, 1.165) is 42.9 Å². The predicted octanol–water partition coefficient (Wildman–Crippen LogP) is 1.70. The number of benzene rings is 1. The molecule has 0 aliphatic carbocycles. The maximum Gasteiger partial charge on any atom is 0.228 e. The SMILES string of the molecule is Cc1cc2c(cc1NC(=O)C1CCCNC1)OCCO2. The summed E-state index contributed by atoms with van der Waals surface area (Å²) in [5.41, 5.74) is 1.80. The van der Waals surface area contributed by atoms with Gasteiger partial charge in [-0.2, -0.15) is 0 Å². The zero-order chi connectivity index (χ0) is 13.9. The molecule has 1 amide bonds. The van der Waals surface area contributed by atoms with Gasteiger partial charge in [-0.3, -0.25) is 4.79 Å². The Morgan fingerprint density at radius 2 is 2.05 bits per heavy atom. The lowest BCUT2D eigenvalue weighted by molar-refractivity contribution is -0.120. The number of carbonyl (C=O) groups is 1. The van der Waals surface area contributed by atoms with Crippen LogP contribution in [0, 0.1) is 12.8 Å². The van der Waals surface area contributed by atoms with Crippen molar-refractivity contribution >= 4 is 11.6 Å². The lowest BCUT2D eigenvalue weighted by Gasteiger charge is -2.24. The lowest BCUT2D eigenvalue weighted by atomic mass is 9.98. The van der Waals surface area contributed by atoms with Gasteiger partial charge in [0.25, 0.3) is 0 Å². The van der Waals surface area contributed by atoms with Gasteiger partial charge in [-0.15, -0.1) is 0 Å². The van der Waals surface area contributed by atoms with Crippen molar-refractivity contribution in [1.82, 2.24) is 5.32 Å². The number of piperidine rings is 1. The Morgan fingerprint density at radius 1 is 1.30 bits per heavy atom. The lowest BCUT2D eigenvalue weighted by Crippen LogP contribution is -2.37. The summed E-state index contributed by atoms with van der Waals surface area (Å²) >= 11 is 0. The summed E-state index contributed by atoms with van der Waals surface area (Å²) in [6.45, 7) is 4.86. The molecular formula is C15H20N2O3. The summed E-state index contributed by atoms with van der Waals surface area (Å²) in [5.74, 6) is 1.60. The van der Waals surface area contributed by atoms with E-state index >= 15 is 0 Å². The minimum Gasteiger partial charge on any atom is -0.486 e. The number of aryl methyl sites for hydroxylation is 1. The fourth-order valence-electron chi connectivity index (χ4n) is 2.64. The molecule has 0 aromatic heterocycles. The number of ether oxygens (including phenoxy) is 2. The Labute approximate surface area is 118 Å². The van der Waals surface area contributed by atoms with Crippen molar-refractivity contribution in [3.63, 3.8) is 0 Å². The van der Waals surface area contributed by atoms with Crippen molar-refractivity contribution in [1.29, 1.82) is 0 Å². The van der Waals surface area contributed by atoms with Crippen LogP contribution in [0.1, 0.15) is 18.4 Å². The van der Waals surface area contributed by atoms with Crippen LogP contribution < -0.4 is 20.1 Å². The third-order valence-electron chi connectivity index (χ3n) is 3.81. The highest BCUT2D eigenvalue weighted by atomic mass is 16.6. The maximum absolute atomic E-state index is 12.3. The Kier molecular flexibility index (Phi) is 3.78. The highest BCUT2D eigenvalue weighted by molar-refractivity contribution is 5.93. The third kappa shape index (κ3) is 2.72. The van der Waals surface area contributed by atoms with E-state index in [-0.39, 0.29) is 11.8 Å². The van der Waals surface area contributed by atoms with E-state index < -0.39 is 0 Å². The van der Waals surface area contributed by atoms with E-state index in [4.69, 9.17) is 9.47 Å². The molecule has 1 aromatic rings. The van der Waals surface area contributed by atoms with Gasteiger partial charge in [0.2, 0.25) is 5.91 Å². The first kappa shape index (κ1) is 13.2. The number of amides is 1. The molecule has 0 bridgehead atoms. The smallest absolute Gasteiger partial charge is 0.228 e. The third-order valence-corrected chi connectivity index (χ3v) is 3.81. The number of hydrogen-bond acceptors (Lipinski definition) is 4. The van der Waals surface area contributed by atoms with Crippen LogP contribution in [0.3, 0.4) is 0 Å². The summed E-state index contributed by atoms with van der Waals surface area (Å²) in [6.07, 6.45) is 2.00. The van der Waals surface area contributed by atoms with Crippen molar-refractivity contribution in [2.24, 2.45) is 5.92 Å². The molecule has 2 N–H and O–H groups in total. The average Bonchev–Trinajstić information content (AvgIpc) is 2.49. The highest BCUT2D eigenvalue weighted by Crippen LogP contribution is 2.35. The summed E-state index contributed by atoms with van der Waals surface area (Å²) in [5, 5.41) is 6.28. The van der Waals surface area contributed by atoms with Gasteiger partial charge < -0.3 is 20.1 Å². The molecule has 1 unspecified atom stereocenters. The molecule has 0 saturated carbocycles. The van der Waals surface area contributed by atoms with E-state index in [1.54, 1.807) is 0 Å². The number of nitrogens with one attached hydrogen (secondary N) is 2. The van der Waals surface area contributed by atoms with Crippen molar-refractivity contribution in [3.8, 4) is 11.5 Å². The second-order valence-electron chi connectivity index (χ2n) is 5.34. The molecule has 5 heteroatoms. The number of carbonyl (C=O) groups excluding carboxylic acids is 1. The monoisotopic (exact) mass is 276 g/mol. The molecule has 0 radical (unpaired) electrons. The van der Waals surface area contributed by atoms with E-state index in [0.29, 0.717) is 19.0 Å². The molecule has 108 valence electrons. The molecule has 1 aromatic carbocycles. The summed E-state index contributed by atoms with van der Waals surface area (Å²) < 4.78 is 11.1. The van der Waals surface area contributed by atoms with Crippen LogP contribution in [0.2, 0.25) is 0 Å². The topological polar surface area (TPSA) is 59.6 Å². The Bertz CT molecular complexity index is 510. The average molecular weight is 276 g/mol. The molecular weight excluding hydrogens is 256 g/mol. The predicted molar refractivity (Wildman–Crippen MR) is 76.4 cm³/mol. The van der Waals surface area contributed by atoms with E-state index in [9.17, 15) is 4.79 Å². The number of rotatable bonds is 2. The minimum atomic E-state index is 0.0522. The zero-order valence-electron chi connectivity index (χ0n) is 11.7. The van der Waals surface area contributed by atoms with Crippen LogP contribution in [-0.4, -0.2) is 32.2 Å². The van der Waals surface area contributed by atoms with Gasteiger partial charge in [0.15, 0.2) is 11.5 Å². The van der Waals surface area contributed by atoms with Gasteiger partial charge in [-0.1, -0.05) is 0 Å². The molecule has 20 heavy (non-hydrogen) atoms. The van der Waals surface area contributed by atoms with Gasteiger partial charge in [-0.25, -0.2) is 0 Å². The van der Waals surface area contributed by atoms with Crippen molar-refractivity contribution < 1.29 is 14.3 Å². The second kappa shape index (κ2) is 5.71. The maximum atomic E-state index is 12.3. The van der Waals surface area contributed by atoms with E-state index in [1.807, 2.05) is 19.1 Å². The van der Waals surface area contributed by atoms with Crippen LogP contribution in [0.25, 0.3) is 0 Å². The minimum absolute atomic E-state index is 0.0522. The fourth-order valence-corrected chi connectivity index (χ4v) is 2.64. The largest absolute Gasteiger partial charge is 0.486 e. The normalized spacial score (nSPS) is 21.4. The number of fused-ring (bicyclic) bond motifs is 1. The van der Waals surface area contributed by atoms with Crippen molar-refractivity contribution in [3.05, 3.63) is 17.7 Å². The molecule has 2 aliphatic heterocycles. The molecule has 5 nitrogen and oxygen atoms in total. The first-order valence-electron chi connectivity index (χ1n) is 7.16. The summed E-state index contributed by atoms with van der Waals surface area (Å²) in [6, 6.07) is 3.78. The molecule has 3 rings (SSSR count). The van der Waals surface area contributed by atoms with Crippen molar-refractivity contribution in [2.75, 3.05) is 31.6 Å². The van der Waals surface area contributed by atoms with Gasteiger partial charge in [-0.05, 0) is 37.9 Å². The number of hydrogen-bond donors (Lipinski definition) is 2. The Balaban J connectivity index is 1.74. The second-order valence-corrected chi connectivity index (χ2v) is 5.34. The van der Waals surface area contributed by atoms with Crippen LogP contribution in [-0.2, 0) is 4.79 Å². The van der Waals surface area contributed by atoms with Crippen molar-refractivity contribution in [2.45, 2.75) is 19.8 Å². The summed E-state index contributed by atoms with van der Waals surface area (Å²) in [7, 11) is 0. The molecule has 1 fully saturated rings. The van der Waals surface area contributed by atoms with E-state index in [2.05, 4.69) is 10.6 Å². The van der Waals surface area contributed by atoms with Gasteiger partial charge in [0.05, 0.1) is 5.92 Å². The van der Waals surface area contributed by atoms with Crippen LogP contribution in [0.15, 0.2) is 12.1 Å². The van der Waals surface area contributed by atoms with Gasteiger partial charge in [0, 0.05) is 18.3 Å². The standard InChI is InChI=1S/C15H20N2O3/c1-10-7-13-14(20-6-5-19-13)8-12(10)17-15(18)11-3-2-4-16-9-11/h7-8,11,16H,2-6,9H2,1H3,(H,17,18). The quantitative estimate of drug-likeness (QED) is 0.863. The Morgan fingerprint density at radius 3 is 2.75 bits per heavy atom. The van der Waals surface area contributed by atoms with Crippen LogP contribution in [0.4, 0.5) is 5.69 Å². The number of anilines is 1. The first-order chi connectivity index (χ1) is 9.74. The molecule has 1 saturated heterocycles. The summed E-state index contributed by atoms with van der Waals surface area (Å²) in [4.78, 5) is 12.3. The van der Waals surface area contributed by atoms with Gasteiger partial charge >= 0.3 is 0 Å². The van der Waals surface area contributed by atoms with Gasteiger partial charge in [0.1, 0.15) is 13.2 Å². The van der Waals surface area contributed by atoms with E-state index in [1.165, 1.54) is 0 Å². The fraction of sp³-hybridized carbons (Fsp3) is 0.533. The zero-order valence-corrected chi connectivity index (χ0v) is 11.7. The molecule has 2 heterocycles. The molecule has 0 spiro atoms. The molecule has 1 atom stereocenters. The first-order valence-corrected chi connectivity index (χ1v) is 7.16. The highest BCUT2D eigenvalue weighted by Gasteiger charge is 2.22. The van der Waals surface area contributed by atoms with Crippen LogP contribution in [0.5, 0.6) is 11.5 Å².